The van der Waals surface area contributed by atoms with E-state index < -0.39 is 5.97 Å². The van der Waals surface area contributed by atoms with Crippen LogP contribution in [-0.4, -0.2) is 35.5 Å². The van der Waals surface area contributed by atoms with Gasteiger partial charge >= 0.3 is 5.97 Å². The summed E-state index contributed by atoms with van der Waals surface area (Å²) < 4.78 is 4.80. The summed E-state index contributed by atoms with van der Waals surface area (Å²) in [5.41, 5.74) is 4.16. The quantitative estimate of drug-likeness (QED) is 0.535. The molecule has 33 heavy (non-hydrogen) atoms. The molecule has 1 atom stereocenters. The zero-order valence-corrected chi connectivity index (χ0v) is 19.2. The minimum Gasteiger partial charge on any atom is -0.465 e. The highest BCUT2D eigenvalue weighted by atomic mass is 32.2. The molecule has 0 saturated carbocycles. The molecule has 7 heteroatoms. The number of hydrogen-bond acceptors (Lipinski definition) is 5. The topological polar surface area (TPSA) is 75.7 Å². The van der Waals surface area contributed by atoms with Crippen molar-refractivity contribution < 1.29 is 19.1 Å². The molecule has 1 fully saturated rings. The molecule has 6 nitrogen and oxygen atoms in total. The fourth-order valence-corrected chi connectivity index (χ4v) is 4.96. The lowest BCUT2D eigenvalue weighted by Crippen LogP contribution is -2.27. The van der Waals surface area contributed by atoms with Crippen molar-refractivity contribution in [3.8, 4) is 0 Å². The van der Waals surface area contributed by atoms with E-state index in [1.165, 1.54) is 7.11 Å². The average molecular weight is 461 g/mol. The fraction of sp³-hybridized carbons (Fsp3) is 0.192. The van der Waals surface area contributed by atoms with Crippen molar-refractivity contribution in [2.75, 3.05) is 18.2 Å². The van der Waals surface area contributed by atoms with E-state index in [4.69, 9.17) is 4.74 Å². The molecule has 1 saturated heterocycles. The number of esters is 1. The molecule has 3 aromatic rings. The predicted octanol–water partition coefficient (Wildman–Crippen LogP) is 4.81. The molecule has 2 amide bonds. The lowest BCUT2D eigenvalue weighted by atomic mass is 10.1. The highest BCUT2D eigenvalue weighted by Gasteiger charge is 2.32. The fourth-order valence-electron chi connectivity index (χ4n) is 3.78. The molecule has 4 rings (SSSR count). The Morgan fingerprint density at radius 2 is 1.76 bits per heavy atom. The van der Waals surface area contributed by atoms with Crippen LogP contribution >= 0.6 is 11.8 Å². The lowest BCUT2D eigenvalue weighted by Gasteiger charge is -2.24. The number of ether oxygens (including phenoxy) is 1. The lowest BCUT2D eigenvalue weighted by molar-refractivity contribution is -0.128. The Kier molecular flexibility index (Phi) is 6.79. The van der Waals surface area contributed by atoms with Crippen molar-refractivity contribution in [3.63, 3.8) is 0 Å². The van der Waals surface area contributed by atoms with Gasteiger partial charge in [-0.1, -0.05) is 48.5 Å². The van der Waals surface area contributed by atoms with Gasteiger partial charge in [-0.25, -0.2) is 4.79 Å². The summed E-state index contributed by atoms with van der Waals surface area (Å²) >= 11 is 1.59. The minimum absolute atomic E-state index is 0.0891. The molecule has 0 spiro atoms. The maximum absolute atomic E-state index is 12.8. The third-order valence-electron chi connectivity index (χ3n) is 5.61. The summed E-state index contributed by atoms with van der Waals surface area (Å²) in [6.45, 7) is 2.32. The second kappa shape index (κ2) is 9.92. The molecule has 0 unspecified atom stereocenters. The van der Waals surface area contributed by atoms with Gasteiger partial charge in [-0.3, -0.25) is 9.59 Å². The number of nitrogens with one attached hydrogen (secondary N) is 1. The Morgan fingerprint density at radius 1 is 1.03 bits per heavy atom. The highest BCUT2D eigenvalue weighted by Crippen LogP contribution is 2.39. The van der Waals surface area contributed by atoms with E-state index in [1.54, 1.807) is 49.0 Å². The Balaban J connectivity index is 1.48. The predicted molar refractivity (Wildman–Crippen MR) is 129 cm³/mol. The van der Waals surface area contributed by atoms with Crippen LogP contribution in [-0.2, 0) is 16.1 Å². The number of hydrogen-bond donors (Lipinski definition) is 1. The van der Waals surface area contributed by atoms with E-state index in [0.717, 1.165) is 11.1 Å². The molecule has 1 aliphatic heterocycles. The summed E-state index contributed by atoms with van der Waals surface area (Å²) in [4.78, 5) is 39.1. The number of rotatable bonds is 6. The molecule has 168 valence electrons. The van der Waals surface area contributed by atoms with Crippen LogP contribution in [0.25, 0.3) is 0 Å². The molecule has 0 aromatic heterocycles. The van der Waals surface area contributed by atoms with Gasteiger partial charge in [0.15, 0.2) is 0 Å². The van der Waals surface area contributed by atoms with Gasteiger partial charge in [0.1, 0.15) is 5.37 Å². The van der Waals surface area contributed by atoms with Gasteiger partial charge in [-0.05, 0) is 47.9 Å². The maximum atomic E-state index is 12.8. The minimum atomic E-state index is -0.448. The van der Waals surface area contributed by atoms with E-state index in [-0.39, 0.29) is 17.2 Å². The number of anilines is 1. The van der Waals surface area contributed by atoms with E-state index in [2.05, 4.69) is 5.32 Å². The number of thioether (sulfide) groups is 1. The first-order chi connectivity index (χ1) is 16.0. The summed E-state index contributed by atoms with van der Waals surface area (Å²) in [5, 5.41) is 2.78. The van der Waals surface area contributed by atoms with E-state index >= 15 is 0 Å². The second-order valence-corrected chi connectivity index (χ2v) is 8.78. The summed E-state index contributed by atoms with van der Waals surface area (Å²) in [6.07, 6.45) is 0. The number of carbonyl (C=O) groups is 3. The van der Waals surface area contributed by atoms with Crippen LogP contribution < -0.4 is 5.32 Å². The van der Waals surface area contributed by atoms with Crippen LogP contribution in [0.2, 0.25) is 0 Å². The summed E-state index contributed by atoms with van der Waals surface area (Å²) in [6, 6.07) is 22.3. The van der Waals surface area contributed by atoms with Crippen LogP contribution in [0.5, 0.6) is 0 Å². The van der Waals surface area contributed by atoms with Crippen LogP contribution in [0.4, 0.5) is 5.69 Å². The van der Waals surface area contributed by atoms with Gasteiger partial charge in [0.25, 0.3) is 5.91 Å². The van der Waals surface area contributed by atoms with Crippen LogP contribution in [0.1, 0.15) is 42.8 Å². The molecule has 1 N–H and O–H groups in total. The summed E-state index contributed by atoms with van der Waals surface area (Å²) in [7, 11) is 1.33. The van der Waals surface area contributed by atoms with E-state index in [1.807, 2.05) is 47.4 Å². The van der Waals surface area contributed by atoms with E-state index in [0.29, 0.717) is 34.7 Å². The first-order valence-electron chi connectivity index (χ1n) is 10.5. The third-order valence-corrected chi connectivity index (χ3v) is 6.87. The smallest absolute Gasteiger partial charge is 0.338 e. The number of amides is 2. The van der Waals surface area contributed by atoms with E-state index in [9.17, 15) is 14.4 Å². The Bertz CT molecular complexity index is 1180. The molecule has 3 aromatic carbocycles. The summed E-state index contributed by atoms with van der Waals surface area (Å²) in [5.74, 6) is -0.175. The van der Waals surface area contributed by atoms with Crippen LogP contribution in [0.3, 0.4) is 0 Å². The number of benzene rings is 3. The largest absolute Gasteiger partial charge is 0.465 e. The SMILES string of the molecule is COC(=O)c1cccc(NC(=O)c2ccc([C@@H]3SCC(=O)N3Cc3ccccc3)cc2)c1C. The Morgan fingerprint density at radius 3 is 2.45 bits per heavy atom. The van der Waals surface area contributed by atoms with Gasteiger partial charge in [-0.2, -0.15) is 0 Å². The van der Waals surface area contributed by atoms with Crippen LogP contribution in [0.15, 0.2) is 72.8 Å². The van der Waals surface area contributed by atoms with Crippen molar-refractivity contribution in [3.05, 3.63) is 101 Å². The third kappa shape index (κ3) is 4.93. The number of methoxy groups -OCH3 is 1. The van der Waals surface area contributed by atoms with Crippen molar-refractivity contribution in [2.45, 2.75) is 18.8 Å². The van der Waals surface area contributed by atoms with Crippen molar-refractivity contribution >= 4 is 35.2 Å². The van der Waals surface area contributed by atoms with Gasteiger partial charge in [0.05, 0.1) is 18.4 Å². The first kappa shape index (κ1) is 22.6. The molecule has 0 aliphatic carbocycles. The molecule has 0 bridgehead atoms. The molecular weight excluding hydrogens is 436 g/mol. The van der Waals surface area contributed by atoms with Crippen molar-refractivity contribution in [1.82, 2.24) is 4.90 Å². The Labute approximate surface area is 196 Å². The first-order valence-corrected chi connectivity index (χ1v) is 11.6. The maximum Gasteiger partial charge on any atom is 0.338 e. The van der Waals surface area contributed by atoms with Crippen molar-refractivity contribution in [1.29, 1.82) is 0 Å². The van der Waals surface area contributed by atoms with Gasteiger partial charge < -0.3 is 15.0 Å². The zero-order valence-electron chi connectivity index (χ0n) is 18.4. The average Bonchev–Trinajstić information content (AvgIpc) is 3.20. The van der Waals surface area contributed by atoms with Crippen LogP contribution in [0, 0.1) is 6.92 Å². The number of nitrogens with zero attached hydrogens (tertiary/aromatic N) is 1. The van der Waals surface area contributed by atoms with Gasteiger partial charge in [0, 0.05) is 17.8 Å². The standard InChI is InChI=1S/C26H24N2O4S/c1-17-21(26(31)32-2)9-6-10-22(17)27-24(30)19-11-13-20(14-12-19)25-28(23(29)16-33-25)15-18-7-4-3-5-8-18/h3-14,25H,15-16H2,1-2H3,(H,27,30)/t25-/m0/s1. The molecular formula is C26H24N2O4S. The van der Waals surface area contributed by atoms with Crippen molar-refractivity contribution in [2.24, 2.45) is 0 Å². The molecule has 1 heterocycles. The number of carbonyl (C=O) groups excluding carboxylic acids is 3. The Hall–Kier alpha value is -3.58. The second-order valence-electron chi connectivity index (χ2n) is 7.72. The normalized spacial score (nSPS) is 15.4. The van der Waals surface area contributed by atoms with Gasteiger partial charge in [-0.15, -0.1) is 11.8 Å². The molecule has 1 aliphatic rings. The highest BCUT2D eigenvalue weighted by molar-refractivity contribution is 8.00. The molecule has 0 radical (unpaired) electrons. The zero-order chi connectivity index (χ0) is 23.4. The van der Waals surface area contributed by atoms with Gasteiger partial charge in [0.2, 0.25) is 5.91 Å². The monoisotopic (exact) mass is 460 g/mol.